The van der Waals surface area contributed by atoms with Crippen LogP contribution in [-0.2, 0) is 0 Å². The summed E-state index contributed by atoms with van der Waals surface area (Å²) >= 11 is 0. The van der Waals surface area contributed by atoms with Crippen molar-refractivity contribution < 1.29 is 0 Å². The van der Waals surface area contributed by atoms with Crippen molar-refractivity contribution in [3.63, 3.8) is 0 Å². The van der Waals surface area contributed by atoms with Gasteiger partial charge in [0.05, 0.1) is 0 Å². The monoisotopic (exact) mass is 180 g/mol. The molecule has 2 heterocycles. The van der Waals surface area contributed by atoms with Gasteiger partial charge in [0, 0.05) is 26.2 Å². The van der Waals surface area contributed by atoms with Crippen LogP contribution in [0.5, 0.6) is 0 Å². The van der Waals surface area contributed by atoms with E-state index in [1.807, 2.05) is 0 Å². The minimum atomic E-state index is 0.518. The van der Waals surface area contributed by atoms with Crippen LogP contribution in [0.1, 0.15) is 19.8 Å². The molecule has 1 atom stereocenters. The molecule has 2 rings (SSSR count). The first kappa shape index (κ1) is 9.22. The highest BCUT2D eigenvalue weighted by atomic mass is 15.1. The molecule has 1 fully saturated rings. The van der Waals surface area contributed by atoms with Gasteiger partial charge in [-0.3, -0.25) is 4.90 Å². The lowest BCUT2D eigenvalue weighted by atomic mass is 9.82. The van der Waals surface area contributed by atoms with Gasteiger partial charge < -0.3 is 5.32 Å². The van der Waals surface area contributed by atoms with E-state index in [-0.39, 0.29) is 0 Å². The lowest BCUT2D eigenvalue weighted by molar-refractivity contribution is 0.156. The Balaban J connectivity index is 1.84. The van der Waals surface area contributed by atoms with E-state index in [4.69, 9.17) is 0 Å². The standard InChI is InChI=1S/C11H20N2/c1-11(5-4-6-12-9-11)10-13-7-2-3-8-13/h2-3,12H,4-10H2,1H3. The third kappa shape index (κ3) is 2.32. The molecule has 0 aromatic heterocycles. The molecule has 74 valence electrons. The van der Waals surface area contributed by atoms with Gasteiger partial charge in [0.1, 0.15) is 0 Å². The summed E-state index contributed by atoms with van der Waals surface area (Å²) in [4.78, 5) is 2.53. The molecular formula is C11H20N2. The van der Waals surface area contributed by atoms with Crippen LogP contribution < -0.4 is 5.32 Å². The van der Waals surface area contributed by atoms with Crippen molar-refractivity contribution in [1.82, 2.24) is 10.2 Å². The van der Waals surface area contributed by atoms with Crippen LogP contribution in [0.15, 0.2) is 12.2 Å². The van der Waals surface area contributed by atoms with Crippen molar-refractivity contribution in [3.05, 3.63) is 12.2 Å². The third-order valence-electron chi connectivity index (χ3n) is 3.18. The molecule has 0 spiro atoms. The summed E-state index contributed by atoms with van der Waals surface area (Å²) in [5.74, 6) is 0. The average Bonchev–Trinajstić information content (AvgIpc) is 2.57. The van der Waals surface area contributed by atoms with Crippen molar-refractivity contribution in [2.75, 3.05) is 32.7 Å². The van der Waals surface area contributed by atoms with Crippen LogP contribution in [0.4, 0.5) is 0 Å². The molecular weight excluding hydrogens is 160 g/mol. The molecule has 2 aliphatic rings. The Bertz CT molecular complexity index is 184. The maximum atomic E-state index is 3.50. The van der Waals surface area contributed by atoms with Gasteiger partial charge in [0.25, 0.3) is 0 Å². The van der Waals surface area contributed by atoms with Crippen LogP contribution in [0.25, 0.3) is 0 Å². The molecule has 1 saturated heterocycles. The second-order valence-corrected chi connectivity index (χ2v) is 4.76. The molecule has 0 bridgehead atoms. The summed E-state index contributed by atoms with van der Waals surface area (Å²) in [6, 6.07) is 0. The molecule has 1 unspecified atom stereocenters. The summed E-state index contributed by atoms with van der Waals surface area (Å²) in [5, 5.41) is 3.50. The van der Waals surface area contributed by atoms with Crippen LogP contribution in [0, 0.1) is 5.41 Å². The summed E-state index contributed by atoms with van der Waals surface area (Å²) in [6.45, 7) is 8.41. The molecule has 13 heavy (non-hydrogen) atoms. The lowest BCUT2D eigenvalue weighted by Crippen LogP contribution is -2.45. The Labute approximate surface area is 81.0 Å². The van der Waals surface area contributed by atoms with Crippen molar-refractivity contribution in [2.45, 2.75) is 19.8 Å². The van der Waals surface area contributed by atoms with Gasteiger partial charge in [-0.05, 0) is 24.8 Å². The molecule has 0 aromatic rings. The molecule has 0 radical (unpaired) electrons. The zero-order valence-corrected chi connectivity index (χ0v) is 8.55. The number of nitrogens with zero attached hydrogens (tertiary/aromatic N) is 1. The molecule has 2 aliphatic heterocycles. The fourth-order valence-electron chi connectivity index (χ4n) is 2.44. The number of rotatable bonds is 2. The Hall–Kier alpha value is -0.340. The topological polar surface area (TPSA) is 15.3 Å². The van der Waals surface area contributed by atoms with Gasteiger partial charge in [0.15, 0.2) is 0 Å². The number of hydrogen-bond acceptors (Lipinski definition) is 2. The molecule has 0 aromatic carbocycles. The highest BCUT2D eigenvalue weighted by Gasteiger charge is 2.28. The fraction of sp³-hybridized carbons (Fsp3) is 0.818. The van der Waals surface area contributed by atoms with E-state index in [9.17, 15) is 0 Å². The quantitative estimate of drug-likeness (QED) is 0.643. The molecule has 1 N–H and O–H groups in total. The Morgan fingerprint density at radius 2 is 2.15 bits per heavy atom. The first-order valence-electron chi connectivity index (χ1n) is 5.37. The Morgan fingerprint density at radius 1 is 1.38 bits per heavy atom. The maximum absolute atomic E-state index is 3.50. The minimum Gasteiger partial charge on any atom is -0.316 e. The van der Waals surface area contributed by atoms with Crippen LogP contribution in [0.2, 0.25) is 0 Å². The average molecular weight is 180 g/mol. The molecule has 2 heteroatoms. The second kappa shape index (κ2) is 3.81. The van der Waals surface area contributed by atoms with Gasteiger partial charge in [0.2, 0.25) is 0 Å². The maximum Gasteiger partial charge on any atom is 0.0167 e. The summed E-state index contributed by atoms with van der Waals surface area (Å²) in [6.07, 6.45) is 7.29. The first-order chi connectivity index (χ1) is 6.29. The molecule has 2 nitrogen and oxygen atoms in total. The second-order valence-electron chi connectivity index (χ2n) is 4.76. The zero-order valence-electron chi connectivity index (χ0n) is 8.55. The van der Waals surface area contributed by atoms with E-state index in [0.29, 0.717) is 5.41 Å². The van der Waals surface area contributed by atoms with E-state index in [0.717, 1.165) is 13.1 Å². The predicted octanol–water partition coefficient (Wildman–Crippen LogP) is 1.25. The van der Waals surface area contributed by atoms with Gasteiger partial charge >= 0.3 is 0 Å². The summed E-state index contributed by atoms with van der Waals surface area (Å²) in [7, 11) is 0. The van der Waals surface area contributed by atoms with Crippen LogP contribution in [0.3, 0.4) is 0 Å². The highest BCUT2D eigenvalue weighted by molar-refractivity contribution is 4.97. The normalized spacial score (nSPS) is 35.5. The zero-order chi connectivity index (χ0) is 9.15. The molecule has 0 saturated carbocycles. The summed E-state index contributed by atoms with van der Waals surface area (Å²) in [5.41, 5.74) is 0.518. The first-order valence-corrected chi connectivity index (χ1v) is 5.37. The van der Waals surface area contributed by atoms with Gasteiger partial charge in [-0.25, -0.2) is 0 Å². The lowest BCUT2D eigenvalue weighted by Gasteiger charge is -2.37. The SMILES string of the molecule is CC1(CN2CC=CC2)CCCNC1. The predicted molar refractivity (Wildman–Crippen MR) is 55.8 cm³/mol. The number of piperidine rings is 1. The van der Waals surface area contributed by atoms with Gasteiger partial charge in [-0.2, -0.15) is 0 Å². The van der Waals surface area contributed by atoms with E-state index in [2.05, 4.69) is 29.3 Å². The van der Waals surface area contributed by atoms with Gasteiger partial charge in [-0.1, -0.05) is 19.1 Å². The highest BCUT2D eigenvalue weighted by Crippen LogP contribution is 2.26. The Morgan fingerprint density at radius 3 is 2.77 bits per heavy atom. The van der Waals surface area contributed by atoms with Crippen molar-refractivity contribution in [3.8, 4) is 0 Å². The third-order valence-corrected chi connectivity index (χ3v) is 3.18. The van der Waals surface area contributed by atoms with E-state index in [1.165, 1.54) is 32.5 Å². The smallest absolute Gasteiger partial charge is 0.0167 e. The Kier molecular flexibility index (Phi) is 2.70. The van der Waals surface area contributed by atoms with Crippen LogP contribution >= 0.6 is 0 Å². The van der Waals surface area contributed by atoms with Gasteiger partial charge in [-0.15, -0.1) is 0 Å². The largest absolute Gasteiger partial charge is 0.316 e. The minimum absolute atomic E-state index is 0.518. The van der Waals surface area contributed by atoms with Crippen molar-refractivity contribution in [2.24, 2.45) is 5.41 Å². The number of nitrogens with one attached hydrogen (secondary N) is 1. The molecule has 0 amide bonds. The van der Waals surface area contributed by atoms with E-state index >= 15 is 0 Å². The van der Waals surface area contributed by atoms with E-state index in [1.54, 1.807) is 0 Å². The van der Waals surface area contributed by atoms with Crippen molar-refractivity contribution in [1.29, 1.82) is 0 Å². The fourth-order valence-corrected chi connectivity index (χ4v) is 2.44. The van der Waals surface area contributed by atoms with Crippen molar-refractivity contribution >= 4 is 0 Å². The van der Waals surface area contributed by atoms with Crippen LogP contribution in [-0.4, -0.2) is 37.6 Å². The van der Waals surface area contributed by atoms with E-state index < -0.39 is 0 Å². The summed E-state index contributed by atoms with van der Waals surface area (Å²) < 4.78 is 0. The number of hydrogen-bond donors (Lipinski definition) is 1. The molecule has 0 aliphatic carbocycles.